The average Bonchev–Trinajstić information content (AvgIpc) is 2.75. The fourth-order valence-corrected chi connectivity index (χ4v) is 1.98. The molecule has 0 unspecified atom stereocenters. The molecular weight excluding hydrogens is 254 g/mol. The van der Waals surface area contributed by atoms with Crippen molar-refractivity contribution < 1.29 is 14.6 Å². The summed E-state index contributed by atoms with van der Waals surface area (Å²) in [5.74, 6) is 0.394. The van der Waals surface area contributed by atoms with Crippen molar-refractivity contribution in [2.45, 2.75) is 0 Å². The third-order valence-corrected chi connectivity index (χ3v) is 2.99. The van der Waals surface area contributed by atoms with Crippen LogP contribution in [0.3, 0.4) is 0 Å². The quantitative estimate of drug-likeness (QED) is 0.803. The number of nitriles is 1. The van der Waals surface area contributed by atoms with E-state index in [-0.39, 0.29) is 17.3 Å². The second kappa shape index (κ2) is 4.56. The first kappa shape index (κ1) is 12.0. The molecule has 0 aromatic heterocycles. The molecule has 96 valence electrons. The minimum absolute atomic E-state index is 0.0520. The van der Waals surface area contributed by atoms with Crippen LogP contribution >= 0.6 is 0 Å². The molecule has 20 heavy (non-hydrogen) atoms. The molecule has 2 aromatic rings. The summed E-state index contributed by atoms with van der Waals surface area (Å²) in [7, 11) is 0. The molecule has 0 atom stereocenters. The van der Waals surface area contributed by atoms with Crippen LogP contribution in [-0.4, -0.2) is 10.9 Å². The van der Waals surface area contributed by atoms with Crippen molar-refractivity contribution in [2.24, 2.45) is 0 Å². The van der Waals surface area contributed by atoms with Crippen molar-refractivity contribution in [3.05, 3.63) is 64.9 Å². The van der Waals surface area contributed by atoms with E-state index >= 15 is 0 Å². The second-order valence-corrected chi connectivity index (χ2v) is 4.35. The molecule has 3 rings (SSSR count). The fraction of sp³-hybridized carbons (Fsp3) is 0. The molecule has 0 aliphatic carbocycles. The van der Waals surface area contributed by atoms with Gasteiger partial charge in [-0.05, 0) is 35.9 Å². The Morgan fingerprint density at radius 2 is 1.90 bits per heavy atom. The first-order chi connectivity index (χ1) is 9.67. The van der Waals surface area contributed by atoms with Gasteiger partial charge in [-0.25, -0.2) is 0 Å². The third-order valence-electron chi connectivity index (χ3n) is 2.99. The number of phenolic OH excluding ortho intramolecular Hbond substituents is 1. The second-order valence-electron chi connectivity index (χ2n) is 4.35. The van der Waals surface area contributed by atoms with Crippen molar-refractivity contribution in [2.75, 3.05) is 0 Å². The van der Waals surface area contributed by atoms with Crippen molar-refractivity contribution >= 4 is 11.9 Å². The van der Waals surface area contributed by atoms with E-state index in [0.29, 0.717) is 16.9 Å². The summed E-state index contributed by atoms with van der Waals surface area (Å²) >= 11 is 0. The topological polar surface area (TPSA) is 70.3 Å². The molecule has 2 aromatic carbocycles. The lowest BCUT2D eigenvalue weighted by Crippen LogP contribution is -1.97. The van der Waals surface area contributed by atoms with Crippen LogP contribution in [0.1, 0.15) is 21.5 Å². The number of ether oxygens (including phenoxy) is 1. The lowest BCUT2D eigenvalue weighted by molar-refractivity contribution is 0.101. The normalized spacial score (nSPS) is 14.8. The Hall–Kier alpha value is -3.06. The number of rotatable bonds is 1. The standard InChI is InChI=1S/C16H9NO3/c17-9-11-3-1-10(2-4-11)7-15-16(19)13-6-5-12(18)8-14(13)20-15/h1-8,18H/b15-7+. The summed E-state index contributed by atoms with van der Waals surface area (Å²) in [6.07, 6.45) is 1.61. The van der Waals surface area contributed by atoms with E-state index in [0.717, 1.165) is 5.56 Å². The van der Waals surface area contributed by atoms with Gasteiger partial charge in [0.25, 0.3) is 0 Å². The number of carbonyl (C=O) groups excluding carboxylic acids is 1. The van der Waals surface area contributed by atoms with E-state index < -0.39 is 0 Å². The number of aromatic hydroxyl groups is 1. The summed E-state index contributed by atoms with van der Waals surface area (Å²) in [6, 6.07) is 13.2. The molecule has 1 aliphatic heterocycles. The van der Waals surface area contributed by atoms with Crippen molar-refractivity contribution in [1.82, 2.24) is 0 Å². The molecule has 0 saturated heterocycles. The molecule has 0 bridgehead atoms. The largest absolute Gasteiger partial charge is 0.508 e. The van der Waals surface area contributed by atoms with Gasteiger partial charge >= 0.3 is 0 Å². The minimum atomic E-state index is -0.218. The Kier molecular flexibility index (Phi) is 2.73. The summed E-state index contributed by atoms with van der Waals surface area (Å²) in [5, 5.41) is 18.1. The summed E-state index contributed by atoms with van der Waals surface area (Å²) in [4.78, 5) is 12.1. The van der Waals surface area contributed by atoms with Crippen LogP contribution in [0, 0.1) is 11.3 Å². The minimum Gasteiger partial charge on any atom is -0.508 e. The van der Waals surface area contributed by atoms with Gasteiger partial charge in [-0.15, -0.1) is 0 Å². The highest BCUT2D eigenvalue weighted by Crippen LogP contribution is 2.34. The Morgan fingerprint density at radius 3 is 2.60 bits per heavy atom. The molecule has 1 N–H and O–H groups in total. The van der Waals surface area contributed by atoms with Crippen LogP contribution in [0.25, 0.3) is 6.08 Å². The molecule has 0 radical (unpaired) electrons. The highest BCUT2D eigenvalue weighted by Gasteiger charge is 2.27. The van der Waals surface area contributed by atoms with Gasteiger partial charge in [0, 0.05) is 6.07 Å². The lowest BCUT2D eigenvalue weighted by atomic mass is 10.1. The monoisotopic (exact) mass is 263 g/mol. The first-order valence-electron chi connectivity index (χ1n) is 5.95. The van der Waals surface area contributed by atoms with Gasteiger partial charge in [0.1, 0.15) is 11.5 Å². The highest BCUT2D eigenvalue weighted by atomic mass is 16.5. The van der Waals surface area contributed by atoms with Gasteiger partial charge < -0.3 is 9.84 Å². The van der Waals surface area contributed by atoms with E-state index in [1.807, 2.05) is 6.07 Å². The van der Waals surface area contributed by atoms with Crippen LogP contribution in [0.15, 0.2) is 48.2 Å². The summed E-state index contributed by atoms with van der Waals surface area (Å²) < 4.78 is 5.45. The molecule has 0 saturated carbocycles. The van der Waals surface area contributed by atoms with Crippen molar-refractivity contribution in [3.63, 3.8) is 0 Å². The van der Waals surface area contributed by atoms with E-state index in [9.17, 15) is 9.90 Å². The van der Waals surface area contributed by atoms with Gasteiger partial charge in [0.2, 0.25) is 5.78 Å². The van der Waals surface area contributed by atoms with E-state index in [1.165, 1.54) is 18.2 Å². The number of allylic oxidation sites excluding steroid dienone is 1. The Balaban J connectivity index is 1.95. The number of phenols is 1. The lowest BCUT2D eigenvalue weighted by Gasteiger charge is -1.99. The smallest absolute Gasteiger partial charge is 0.231 e. The number of nitrogens with zero attached hydrogens (tertiary/aromatic N) is 1. The maximum absolute atomic E-state index is 12.1. The highest BCUT2D eigenvalue weighted by molar-refractivity contribution is 6.14. The predicted molar refractivity (Wildman–Crippen MR) is 72.2 cm³/mol. The van der Waals surface area contributed by atoms with Gasteiger partial charge in [-0.2, -0.15) is 5.26 Å². The maximum atomic E-state index is 12.1. The number of fused-ring (bicyclic) bond motifs is 1. The van der Waals surface area contributed by atoms with Crippen LogP contribution in [0.2, 0.25) is 0 Å². The van der Waals surface area contributed by atoms with Gasteiger partial charge in [0.05, 0.1) is 17.2 Å². The molecule has 0 spiro atoms. The summed E-state index contributed by atoms with van der Waals surface area (Å²) in [5.41, 5.74) is 1.76. The SMILES string of the molecule is N#Cc1ccc(/C=C2/Oc3cc(O)ccc3C2=O)cc1. The van der Waals surface area contributed by atoms with E-state index in [2.05, 4.69) is 0 Å². The molecule has 0 amide bonds. The fourth-order valence-electron chi connectivity index (χ4n) is 1.98. The third kappa shape index (κ3) is 2.02. The molecule has 1 aliphatic rings. The van der Waals surface area contributed by atoms with Crippen LogP contribution in [0.5, 0.6) is 11.5 Å². The Labute approximate surface area is 115 Å². The molecule has 4 heteroatoms. The Bertz CT molecular complexity index is 767. The summed E-state index contributed by atoms with van der Waals surface area (Å²) in [6.45, 7) is 0. The number of ketones is 1. The van der Waals surface area contributed by atoms with Crippen LogP contribution in [0.4, 0.5) is 0 Å². The van der Waals surface area contributed by atoms with Crippen LogP contribution < -0.4 is 4.74 Å². The van der Waals surface area contributed by atoms with Gasteiger partial charge in [-0.1, -0.05) is 12.1 Å². The van der Waals surface area contributed by atoms with Gasteiger partial charge in [0.15, 0.2) is 5.76 Å². The molecule has 0 fully saturated rings. The maximum Gasteiger partial charge on any atom is 0.231 e. The van der Waals surface area contributed by atoms with Crippen molar-refractivity contribution in [1.29, 1.82) is 5.26 Å². The number of hydrogen-bond donors (Lipinski definition) is 1. The predicted octanol–water partition coefficient (Wildman–Crippen LogP) is 2.88. The zero-order chi connectivity index (χ0) is 14.1. The van der Waals surface area contributed by atoms with E-state index in [1.54, 1.807) is 30.3 Å². The molecule has 4 nitrogen and oxygen atoms in total. The van der Waals surface area contributed by atoms with E-state index in [4.69, 9.17) is 10.00 Å². The zero-order valence-corrected chi connectivity index (χ0v) is 10.3. The Morgan fingerprint density at radius 1 is 1.15 bits per heavy atom. The molecular formula is C16H9NO3. The molecule has 1 heterocycles. The van der Waals surface area contributed by atoms with Crippen LogP contribution in [-0.2, 0) is 0 Å². The van der Waals surface area contributed by atoms with Gasteiger partial charge in [-0.3, -0.25) is 4.79 Å². The number of benzene rings is 2. The number of carbonyl (C=O) groups is 1. The first-order valence-corrected chi connectivity index (χ1v) is 5.95. The van der Waals surface area contributed by atoms with Crippen molar-refractivity contribution in [3.8, 4) is 17.6 Å². The zero-order valence-electron chi connectivity index (χ0n) is 10.3. The average molecular weight is 263 g/mol. The number of hydrogen-bond acceptors (Lipinski definition) is 4. The number of Topliss-reactive ketones (excluding diaryl/α,β-unsaturated/α-hetero) is 1.